The molecule has 23 heavy (non-hydrogen) atoms. The molecule has 3 heterocycles. The zero-order valence-electron chi connectivity index (χ0n) is 14.1. The van der Waals surface area contributed by atoms with Crippen molar-refractivity contribution in [1.82, 2.24) is 30.0 Å². The molecule has 0 aromatic carbocycles. The third-order valence-corrected chi connectivity index (χ3v) is 4.88. The lowest BCUT2D eigenvalue weighted by atomic mass is 10.1. The highest BCUT2D eigenvalue weighted by atomic mass is 16.5. The van der Waals surface area contributed by atoms with Crippen molar-refractivity contribution in [2.75, 3.05) is 39.3 Å². The topological polar surface area (TPSA) is 59.3 Å². The standard InChI is InChI=1S/C16H28N6O/c1-3-7-20-8-10-21(11-9-20)15(4-2)16-17-18-19-22(16)13-14-6-5-12-23-14/h3,14-15H,1,4-13H2,2H3/t14-,15+/m0/s1. The Labute approximate surface area is 138 Å². The number of hydrogen-bond donors (Lipinski definition) is 0. The monoisotopic (exact) mass is 320 g/mol. The first-order valence-corrected chi connectivity index (χ1v) is 8.76. The number of nitrogens with zero attached hydrogens (tertiary/aromatic N) is 6. The van der Waals surface area contributed by atoms with Gasteiger partial charge in [0.2, 0.25) is 0 Å². The van der Waals surface area contributed by atoms with Gasteiger partial charge in [0.1, 0.15) is 0 Å². The van der Waals surface area contributed by atoms with Crippen LogP contribution in [0.25, 0.3) is 0 Å². The van der Waals surface area contributed by atoms with E-state index >= 15 is 0 Å². The molecule has 0 spiro atoms. The van der Waals surface area contributed by atoms with Crippen molar-refractivity contribution in [3.63, 3.8) is 0 Å². The molecule has 2 aliphatic heterocycles. The predicted molar refractivity (Wildman–Crippen MR) is 88.0 cm³/mol. The summed E-state index contributed by atoms with van der Waals surface area (Å²) in [6.45, 7) is 12.9. The van der Waals surface area contributed by atoms with Gasteiger partial charge in [-0.25, -0.2) is 4.68 Å². The maximum atomic E-state index is 5.74. The highest BCUT2D eigenvalue weighted by Crippen LogP contribution is 2.24. The van der Waals surface area contributed by atoms with E-state index in [2.05, 4.69) is 38.8 Å². The second-order valence-electron chi connectivity index (χ2n) is 6.40. The Morgan fingerprint density at radius 2 is 2.17 bits per heavy atom. The van der Waals surface area contributed by atoms with Crippen molar-refractivity contribution in [1.29, 1.82) is 0 Å². The van der Waals surface area contributed by atoms with Crippen molar-refractivity contribution in [3.8, 4) is 0 Å². The average molecular weight is 320 g/mol. The molecule has 0 bridgehead atoms. The molecule has 1 aromatic rings. The van der Waals surface area contributed by atoms with Crippen molar-refractivity contribution in [3.05, 3.63) is 18.5 Å². The quantitative estimate of drug-likeness (QED) is 0.701. The molecule has 2 aliphatic rings. The predicted octanol–water partition coefficient (Wildman–Crippen LogP) is 1.11. The van der Waals surface area contributed by atoms with Crippen LogP contribution in [0.15, 0.2) is 12.7 Å². The Balaban J connectivity index is 1.64. The van der Waals surface area contributed by atoms with Crippen LogP contribution in [0.4, 0.5) is 0 Å². The SMILES string of the molecule is C=CCN1CCN([C@H](CC)c2nnnn2C[C@@H]2CCCO2)CC1. The van der Waals surface area contributed by atoms with E-state index in [0.717, 1.165) is 71.0 Å². The van der Waals surface area contributed by atoms with Gasteiger partial charge in [0, 0.05) is 39.3 Å². The van der Waals surface area contributed by atoms with E-state index in [4.69, 9.17) is 4.74 Å². The minimum absolute atomic E-state index is 0.263. The van der Waals surface area contributed by atoms with Gasteiger partial charge >= 0.3 is 0 Å². The van der Waals surface area contributed by atoms with Gasteiger partial charge in [0.15, 0.2) is 5.82 Å². The van der Waals surface area contributed by atoms with Crippen molar-refractivity contribution in [2.45, 2.75) is 44.9 Å². The van der Waals surface area contributed by atoms with E-state index in [1.165, 1.54) is 0 Å². The first-order valence-electron chi connectivity index (χ1n) is 8.76. The molecule has 2 saturated heterocycles. The molecule has 128 valence electrons. The van der Waals surface area contributed by atoms with Crippen LogP contribution in [0.3, 0.4) is 0 Å². The van der Waals surface area contributed by atoms with Gasteiger partial charge in [-0.15, -0.1) is 11.7 Å². The third kappa shape index (κ3) is 3.97. The first kappa shape index (κ1) is 16.5. The minimum Gasteiger partial charge on any atom is -0.376 e. The minimum atomic E-state index is 0.263. The van der Waals surface area contributed by atoms with Crippen molar-refractivity contribution in [2.24, 2.45) is 0 Å². The Morgan fingerprint density at radius 1 is 1.35 bits per heavy atom. The molecule has 0 saturated carbocycles. The number of hydrogen-bond acceptors (Lipinski definition) is 6. The Hall–Kier alpha value is -1.31. The highest BCUT2D eigenvalue weighted by Gasteiger charge is 2.28. The number of piperazine rings is 1. The van der Waals surface area contributed by atoms with Gasteiger partial charge in [-0.2, -0.15) is 0 Å². The van der Waals surface area contributed by atoms with Gasteiger partial charge in [-0.1, -0.05) is 13.0 Å². The second-order valence-corrected chi connectivity index (χ2v) is 6.40. The molecular formula is C16H28N6O. The Bertz CT molecular complexity index is 491. The van der Waals surface area contributed by atoms with Gasteiger partial charge in [-0.05, 0) is 29.7 Å². The summed E-state index contributed by atoms with van der Waals surface area (Å²) in [6, 6.07) is 0.289. The zero-order valence-corrected chi connectivity index (χ0v) is 14.1. The fourth-order valence-corrected chi connectivity index (χ4v) is 3.61. The molecule has 2 atom stereocenters. The maximum Gasteiger partial charge on any atom is 0.168 e. The average Bonchev–Trinajstić information content (AvgIpc) is 3.23. The summed E-state index contributed by atoms with van der Waals surface area (Å²) in [6.07, 6.45) is 5.52. The Morgan fingerprint density at radius 3 is 2.83 bits per heavy atom. The van der Waals surface area contributed by atoms with Crippen molar-refractivity contribution < 1.29 is 4.74 Å². The van der Waals surface area contributed by atoms with Gasteiger partial charge in [-0.3, -0.25) is 9.80 Å². The zero-order chi connectivity index (χ0) is 16.1. The maximum absolute atomic E-state index is 5.74. The lowest BCUT2D eigenvalue weighted by molar-refractivity contribution is 0.0803. The largest absolute Gasteiger partial charge is 0.376 e. The van der Waals surface area contributed by atoms with Crippen LogP contribution in [-0.4, -0.2) is 75.4 Å². The molecule has 0 aliphatic carbocycles. The normalized spacial score (nSPS) is 24.8. The summed E-state index contributed by atoms with van der Waals surface area (Å²) in [7, 11) is 0. The van der Waals surface area contributed by atoms with E-state index in [1.807, 2.05) is 10.8 Å². The van der Waals surface area contributed by atoms with Crippen LogP contribution >= 0.6 is 0 Å². The van der Waals surface area contributed by atoms with Crippen LogP contribution in [0.2, 0.25) is 0 Å². The molecule has 0 amide bonds. The molecule has 0 unspecified atom stereocenters. The van der Waals surface area contributed by atoms with Crippen LogP contribution in [0, 0.1) is 0 Å². The van der Waals surface area contributed by atoms with Crippen LogP contribution in [-0.2, 0) is 11.3 Å². The fraction of sp³-hybridized carbons (Fsp3) is 0.812. The fourth-order valence-electron chi connectivity index (χ4n) is 3.61. The summed E-state index contributed by atoms with van der Waals surface area (Å²) < 4.78 is 7.69. The molecule has 7 nitrogen and oxygen atoms in total. The highest BCUT2D eigenvalue weighted by molar-refractivity contribution is 4.95. The number of rotatable bonds is 7. The van der Waals surface area contributed by atoms with Gasteiger partial charge in [0.05, 0.1) is 18.7 Å². The van der Waals surface area contributed by atoms with E-state index in [1.54, 1.807) is 0 Å². The lowest BCUT2D eigenvalue weighted by Crippen LogP contribution is -2.48. The smallest absolute Gasteiger partial charge is 0.168 e. The summed E-state index contributed by atoms with van der Waals surface area (Å²) in [5, 5.41) is 12.5. The lowest BCUT2D eigenvalue weighted by Gasteiger charge is -2.38. The first-order chi connectivity index (χ1) is 11.3. The summed E-state index contributed by atoms with van der Waals surface area (Å²) in [5.74, 6) is 0.986. The summed E-state index contributed by atoms with van der Waals surface area (Å²) >= 11 is 0. The Kier molecular flexibility index (Phi) is 5.75. The second kappa shape index (κ2) is 7.99. The summed E-state index contributed by atoms with van der Waals surface area (Å²) in [5.41, 5.74) is 0. The molecule has 2 fully saturated rings. The van der Waals surface area contributed by atoms with Crippen LogP contribution in [0.5, 0.6) is 0 Å². The van der Waals surface area contributed by atoms with Gasteiger partial charge < -0.3 is 4.74 Å². The molecule has 0 N–H and O–H groups in total. The number of ether oxygens (including phenoxy) is 1. The van der Waals surface area contributed by atoms with E-state index in [-0.39, 0.29) is 12.1 Å². The molecule has 0 radical (unpaired) electrons. The molecule has 1 aromatic heterocycles. The molecule has 7 heteroatoms. The van der Waals surface area contributed by atoms with Crippen LogP contribution < -0.4 is 0 Å². The summed E-state index contributed by atoms with van der Waals surface area (Å²) in [4.78, 5) is 4.95. The molecule has 3 rings (SSSR count). The van der Waals surface area contributed by atoms with E-state index in [9.17, 15) is 0 Å². The third-order valence-electron chi connectivity index (χ3n) is 4.88. The van der Waals surface area contributed by atoms with Crippen LogP contribution in [0.1, 0.15) is 38.1 Å². The number of aromatic nitrogens is 4. The van der Waals surface area contributed by atoms with E-state index in [0.29, 0.717) is 0 Å². The van der Waals surface area contributed by atoms with Crippen molar-refractivity contribution >= 4 is 0 Å². The van der Waals surface area contributed by atoms with Gasteiger partial charge in [0.25, 0.3) is 0 Å². The van der Waals surface area contributed by atoms with E-state index < -0.39 is 0 Å². The molecular weight excluding hydrogens is 292 g/mol. The number of tetrazole rings is 1.